The molecule has 0 aromatic carbocycles. The Kier molecular flexibility index (Phi) is 7.16. The van der Waals surface area contributed by atoms with E-state index in [-0.39, 0.29) is 50.7 Å². The number of thiophene rings is 1. The van der Waals surface area contributed by atoms with E-state index in [1.54, 1.807) is 12.1 Å². The summed E-state index contributed by atoms with van der Waals surface area (Å²) in [6.45, 7) is 0.520. The molecule has 1 saturated heterocycles. The van der Waals surface area contributed by atoms with E-state index in [0.717, 1.165) is 17.6 Å². The van der Waals surface area contributed by atoms with E-state index in [9.17, 15) is 22.8 Å². The number of sulfonamides is 1. The van der Waals surface area contributed by atoms with Crippen LogP contribution in [0.15, 0.2) is 12.1 Å². The van der Waals surface area contributed by atoms with E-state index in [2.05, 4.69) is 0 Å². The van der Waals surface area contributed by atoms with Crippen LogP contribution in [-0.4, -0.2) is 74.3 Å². The molecule has 0 spiro atoms. The lowest BCUT2D eigenvalue weighted by Gasteiger charge is -2.33. The molecule has 8 nitrogen and oxygen atoms in total. The molecule has 2 rings (SSSR count). The van der Waals surface area contributed by atoms with Crippen molar-refractivity contribution in [2.24, 2.45) is 0 Å². The summed E-state index contributed by atoms with van der Waals surface area (Å²) < 4.78 is 29.6. The molecular formula is C15H19ClN2O6S2. The van der Waals surface area contributed by atoms with Crippen LogP contribution >= 0.6 is 22.9 Å². The summed E-state index contributed by atoms with van der Waals surface area (Å²) in [6.07, 6.45) is 0.984. The number of rotatable bonds is 7. The van der Waals surface area contributed by atoms with Crippen LogP contribution in [0.25, 0.3) is 0 Å². The second-order valence-corrected chi connectivity index (χ2v) is 9.43. The minimum atomic E-state index is -3.27. The summed E-state index contributed by atoms with van der Waals surface area (Å²) in [6, 6.07) is 3.21. The first kappa shape index (κ1) is 20.8. The molecule has 1 aliphatic rings. The minimum Gasteiger partial charge on any atom is -0.456 e. The number of esters is 1. The molecule has 144 valence electrons. The Morgan fingerprint density at radius 2 is 1.81 bits per heavy atom. The van der Waals surface area contributed by atoms with Gasteiger partial charge in [0.2, 0.25) is 10.0 Å². The SMILES string of the molecule is CS(=O)(=O)N1CCN(C(=O)COC(=O)CCC(=O)c2ccc(Cl)s2)CC1. The van der Waals surface area contributed by atoms with E-state index in [1.807, 2.05) is 0 Å². The normalized spacial score (nSPS) is 15.7. The van der Waals surface area contributed by atoms with Crippen molar-refractivity contribution in [3.63, 3.8) is 0 Å². The molecule has 0 bridgehead atoms. The maximum absolute atomic E-state index is 12.0. The highest BCUT2D eigenvalue weighted by molar-refractivity contribution is 7.88. The first-order chi connectivity index (χ1) is 12.2. The second kappa shape index (κ2) is 8.94. The molecule has 11 heteroatoms. The third-order valence-electron chi connectivity index (χ3n) is 3.82. The van der Waals surface area contributed by atoms with Gasteiger partial charge in [-0.3, -0.25) is 14.4 Å². The highest BCUT2D eigenvalue weighted by atomic mass is 35.5. The average Bonchev–Trinajstić information content (AvgIpc) is 3.03. The van der Waals surface area contributed by atoms with Gasteiger partial charge in [0.05, 0.1) is 21.9 Å². The highest BCUT2D eigenvalue weighted by Crippen LogP contribution is 2.22. The topological polar surface area (TPSA) is 101 Å². The Morgan fingerprint density at radius 3 is 2.35 bits per heavy atom. The van der Waals surface area contributed by atoms with Crippen molar-refractivity contribution in [1.82, 2.24) is 9.21 Å². The number of amides is 1. The van der Waals surface area contributed by atoms with Gasteiger partial charge in [-0.05, 0) is 12.1 Å². The molecule has 26 heavy (non-hydrogen) atoms. The van der Waals surface area contributed by atoms with E-state index in [0.29, 0.717) is 9.21 Å². The summed E-state index contributed by atoms with van der Waals surface area (Å²) in [5, 5.41) is 0. The molecule has 2 heterocycles. The number of hydrogen-bond acceptors (Lipinski definition) is 7. The molecule has 0 aliphatic carbocycles. The van der Waals surface area contributed by atoms with Crippen LogP contribution in [0.3, 0.4) is 0 Å². The lowest BCUT2D eigenvalue weighted by atomic mass is 10.2. The van der Waals surface area contributed by atoms with Crippen molar-refractivity contribution in [2.45, 2.75) is 12.8 Å². The number of piperazine rings is 1. The summed E-state index contributed by atoms with van der Waals surface area (Å²) in [5.41, 5.74) is 0. The number of ketones is 1. The first-order valence-corrected chi connectivity index (χ1v) is 10.9. The van der Waals surface area contributed by atoms with Crippen LogP contribution in [0.2, 0.25) is 4.34 Å². The third-order valence-corrected chi connectivity index (χ3v) is 6.40. The zero-order chi connectivity index (χ0) is 19.3. The largest absolute Gasteiger partial charge is 0.456 e. The van der Waals surface area contributed by atoms with Crippen LogP contribution in [0.4, 0.5) is 0 Å². The van der Waals surface area contributed by atoms with Crippen LogP contribution in [0.5, 0.6) is 0 Å². The minimum absolute atomic E-state index is 0.0170. The van der Waals surface area contributed by atoms with E-state index in [1.165, 1.54) is 9.21 Å². The molecule has 1 fully saturated rings. The number of carbonyl (C=O) groups is 3. The zero-order valence-corrected chi connectivity index (χ0v) is 16.5. The Hall–Kier alpha value is -1.49. The average molecular weight is 423 g/mol. The Bertz CT molecular complexity index is 784. The summed E-state index contributed by atoms with van der Waals surface area (Å²) >= 11 is 6.90. The molecule has 1 aromatic heterocycles. The highest BCUT2D eigenvalue weighted by Gasteiger charge is 2.26. The number of ether oxygens (including phenoxy) is 1. The molecule has 0 unspecified atom stereocenters. The quantitative estimate of drug-likeness (QED) is 0.480. The fraction of sp³-hybridized carbons (Fsp3) is 0.533. The van der Waals surface area contributed by atoms with Crippen molar-refractivity contribution in [1.29, 1.82) is 0 Å². The number of carbonyl (C=O) groups excluding carboxylic acids is 3. The van der Waals surface area contributed by atoms with E-state index in [4.69, 9.17) is 16.3 Å². The molecule has 1 aromatic rings. The van der Waals surface area contributed by atoms with Crippen molar-refractivity contribution in [3.05, 3.63) is 21.3 Å². The van der Waals surface area contributed by atoms with Crippen LogP contribution < -0.4 is 0 Å². The predicted molar refractivity (Wildman–Crippen MR) is 96.8 cm³/mol. The summed E-state index contributed by atoms with van der Waals surface area (Å²) in [5.74, 6) is -1.23. The van der Waals surface area contributed by atoms with Crippen LogP contribution in [0.1, 0.15) is 22.5 Å². The van der Waals surface area contributed by atoms with E-state index >= 15 is 0 Å². The first-order valence-electron chi connectivity index (χ1n) is 7.84. The van der Waals surface area contributed by atoms with Crippen LogP contribution in [0, 0.1) is 0 Å². The predicted octanol–water partition coefficient (Wildman–Crippen LogP) is 1.01. The lowest BCUT2D eigenvalue weighted by Crippen LogP contribution is -2.51. The van der Waals surface area contributed by atoms with Gasteiger partial charge in [0, 0.05) is 32.6 Å². The third kappa shape index (κ3) is 6.04. The van der Waals surface area contributed by atoms with Crippen molar-refractivity contribution in [2.75, 3.05) is 39.0 Å². The molecule has 0 radical (unpaired) electrons. The molecule has 0 N–H and O–H groups in total. The standard InChI is InChI=1S/C15H19ClN2O6S2/c1-26(22,23)18-8-6-17(7-9-18)14(20)10-24-15(21)5-2-11(19)12-3-4-13(16)25-12/h3-4H,2,5-10H2,1H3. The second-order valence-electron chi connectivity index (χ2n) is 5.73. The van der Waals surface area contributed by atoms with Gasteiger partial charge in [0.1, 0.15) is 0 Å². The van der Waals surface area contributed by atoms with Gasteiger partial charge in [-0.25, -0.2) is 8.42 Å². The van der Waals surface area contributed by atoms with Crippen molar-refractivity contribution in [3.8, 4) is 0 Å². The van der Waals surface area contributed by atoms with Gasteiger partial charge < -0.3 is 9.64 Å². The maximum Gasteiger partial charge on any atom is 0.306 e. The summed E-state index contributed by atoms with van der Waals surface area (Å²) in [4.78, 5) is 37.5. The lowest BCUT2D eigenvalue weighted by molar-refractivity contribution is -0.152. The Morgan fingerprint density at radius 1 is 1.15 bits per heavy atom. The van der Waals surface area contributed by atoms with Crippen molar-refractivity contribution >= 4 is 50.6 Å². The summed E-state index contributed by atoms with van der Waals surface area (Å²) in [7, 11) is -3.27. The molecular weight excluding hydrogens is 404 g/mol. The molecule has 1 amide bonds. The maximum atomic E-state index is 12.0. The van der Waals surface area contributed by atoms with Crippen molar-refractivity contribution < 1.29 is 27.5 Å². The zero-order valence-electron chi connectivity index (χ0n) is 14.1. The number of hydrogen-bond donors (Lipinski definition) is 0. The van der Waals surface area contributed by atoms with Gasteiger partial charge in [0.25, 0.3) is 5.91 Å². The Balaban J connectivity index is 1.69. The van der Waals surface area contributed by atoms with Gasteiger partial charge in [0.15, 0.2) is 12.4 Å². The van der Waals surface area contributed by atoms with Gasteiger partial charge >= 0.3 is 5.97 Å². The van der Waals surface area contributed by atoms with Gasteiger partial charge in [-0.1, -0.05) is 11.6 Å². The van der Waals surface area contributed by atoms with Gasteiger partial charge in [-0.2, -0.15) is 4.31 Å². The smallest absolute Gasteiger partial charge is 0.306 e. The van der Waals surface area contributed by atoms with Gasteiger partial charge in [-0.15, -0.1) is 11.3 Å². The number of nitrogens with zero attached hydrogens (tertiary/aromatic N) is 2. The fourth-order valence-electron chi connectivity index (χ4n) is 2.38. The molecule has 0 atom stereocenters. The fourth-order valence-corrected chi connectivity index (χ4v) is 4.21. The van der Waals surface area contributed by atoms with E-state index < -0.39 is 22.6 Å². The molecule has 0 saturated carbocycles. The molecule has 1 aliphatic heterocycles. The Labute approximate surface area is 160 Å². The number of halogens is 1. The number of Topliss-reactive ketones (excluding diaryl/α,β-unsaturated/α-hetero) is 1. The van der Waals surface area contributed by atoms with Crippen LogP contribution in [-0.2, 0) is 24.3 Å². The monoisotopic (exact) mass is 422 g/mol.